The quantitative estimate of drug-likeness (QED) is 0.872. The summed E-state index contributed by atoms with van der Waals surface area (Å²) in [5.74, 6) is 0.197. The van der Waals surface area contributed by atoms with Crippen LogP contribution in [0.3, 0.4) is 0 Å². The molecule has 0 unspecified atom stereocenters. The van der Waals surface area contributed by atoms with Crippen molar-refractivity contribution in [3.63, 3.8) is 0 Å². The van der Waals surface area contributed by atoms with E-state index in [1.54, 1.807) is 0 Å². The second kappa shape index (κ2) is 8.56. The van der Waals surface area contributed by atoms with Crippen LogP contribution in [0.1, 0.15) is 18.5 Å². The maximum Gasteiger partial charge on any atom is 0.278 e. The van der Waals surface area contributed by atoms with Gasteiger partial charge in [0, 0.05) is 7.05 Å². The first-order valence-corrected chi connectivity index (χ1v) is 9.57. The van der Waals surface area contributed by atoms with Gasteiger partial charge in [0.1, 0.15) is 0 Å². The lowest BCUT2D eigenvalue weighted by atomic mass is 10.1. The Labute approximate surface area is 161 Å². The van der Waals surface area contributed by atoms with Gasteiger partial charge in [0.15, 0.2) is 6.54 Å². The number of rotatable bonds is 5. The standard InChI is InChI=1S/C21H26ClN3O/c1-17(18-8-4-3-5-9-18)23(2)21(26)16-24-12-14-25(15-13-24)20-11-7-6-10-19(20)22/h3-11,17H,12-16H2,1-2H3/p+1/t17-/m1/s1. The van der Waals surface area contributed by atoms with Crippen molar-refractivity contribution in [2.75, 3.05) is 44.7 Å². The molecule has 0 aromatic heterocycles. The highest BCUT2D eigenvalue weighted by molar-refractivity contribution is 6.33. The Morgan fingerprint density at radius 3 is 2.38 bits per heavy atom. The number of carbonyl (C=O) groups excluding carboxylic acids is 1. The van der Waals surface area contributed by atoms with Crippen molar-refractivity contribution in [1.29, 1.82) is 0 Å². The van der Waals surface area contributed by atoms with Crippen LogP contribution >= 0.6 is 11.6 Å². The SMILES string of the molecule is C[C@H](c1ccccc1)N(C)C(=O)C[NH+]1CCN(c2ccccc2Cl)CC1. The monoisotopic (exact) mass is 372 g/mol. The molecule has 2 aromatic rings. The Balaban J connectivity index is 1.52. The highest BCUT2D eigenvalue weighted by atomic mass is 35.5. The molecule has 1 amide bonds. The molecule has 2 aromatic carbocycles. The predicted octanol–water partition coefficient (Wildman–Crippen LogP) is 2.26. The number of amides is 1. The molecule has 0 radical (unpaired) electrons. The van der Waals surface area contributed by atoms with Gasteiger partial charge in [0.25, 0.3) is 5.91 Å². The lowest BCUT2D eigenvalue weighted by Crippen LogP contribution is -3.15. The number of quaternary nitrogens is 1. The second-order valence-corrected chi connectivity index (χ2v) is 7.36. The molecule has 0 spiro atoms. The fourth-order valence-electron chi connectivity index (χ4n) is 3.46. The van der Waals surface area contributed by atoms with Crippen LogP contribution in [-0.2, 0) is 4.79 Å². The molecular formula is C21H27ClN3O+. The van der Waals surface area contributed by atoms with Crippen molar-refractivity contribution >= 4 is 23.2 Å². The molecule has 4 nitrogen and oxygen atoms in total. The van der Waals surface area contributed by atoms with Gasteiger partial charge in [-0.05, 0) is 24.6 Å². The fraction of sp³-hybridized carbons (Fsp3) is 0.381. The minimum absolute atomic E-state index is 0.0903. The summed E-state index contributed by atoms with van der Waals surface area (Å²) in [6.45, 7) is 6.37. The van der Waals surface area contributed by atoms with Crippen molar-refractivity contribution in [2.45, 2.75) is 13.0 Å². The molecule has 0 saturated carbocycles. The van der Waals surface area contributed by atoms with E-state index in [0.717, 1.165) is 36.9 Å². The summed E-state index contributed by atoms with van der Waals surface area (Å²) in [6, 6.07) is 18.2. The molecule has 0 bridgehead atoms. The smallest absolute Gasteiger partial charge is 0.278 e. The molecule has 26 heavy (non-hydrogen) atoms. The van der Waals surface area contributed by atoms with Gasteiger partial charge in [-0.2, -0.15) is 0 Å². The minimum atomic E-state index is 0.0903. The number of nitrogens with zero attached hydrogens (tertiary/aromatic N) is 2. The molecule has 1 aliphatic heterocycles. The molecule has 1 saturated heterocycles. The number of hydrogen-bond donors (Lipinski definition) is 1. The van der Waals surface area contributed by atoms with Crippen LogP contribution in [-0.4, -0.2) is 50.6 Å². The molecule has 5 heteroatoms. The van der Waals surface area contributed by atoms with E-state index in [2.05, 4.69) is 30.0 Å². The molecule has 1 atom stereocenters. The number of halogens is 1. The van der Waals surface area contributed by atoms with Crippen molar-refractivity contribution < 1.29 is 9.69 Å². The van der Waals surface area contributed by atoms with Crippen LogP contribution < -0.4 is 9.80 Å². The normalized spacial score (nSPS) is 16.3. The third-order valence-electron chi connectivity index (χ3n) is 5.32. The molecule has 0 aliphatic carbocycles. The lowest BCUT2D eigenvalue weighted by Gasteiger charge is -2.35. The minimum Gasteiger partial charge on any atom is -0.359 e. The van der Waals surface area contributed by atoms with Crippen molar-refractivity contribution in [1.82, 2.24) is 4.90 Å². The average Bonchev–Trinajstić information content (AvgIpc) is 2.68. The molecule has 1 N–H and O–H groups in total. The van der Waals surface area contributed by atoms with E-state index < -0.39 is 0 Å². The zero-order chi connectivity index (χ0) is 18.5. The number of likely N-dealkylation sites (N-methyl/N-ethyl adjacent to an activating group) is 1. The first-order chi connectivity index (χ1) is 12.6. The number of benzene rings is 2. The Hall–Kier alpha value is -2.04. The summed E-state index contributed by atoms with van der Waals surface area (Å²) < 4.78 is 0. The van der Waals surface area contributed by atoms with Gasteiger partial charge in [-0.3, -0.25) is 4.79 Å². The summed E-state index contributed by atoms with van der Waals surface area (Å²) in [5, 5.41) is 0.795. The number of nitrogens with one attached hydrogen (secondary N) is 1. The molecule has 1 fully saturated rings. The van der Waals surface area contributed by atoms with Crippen molar-refractivity contribution in [3.8, 4) is 0 Å². The van der Waals surface area contributed by atoms with Crippen LogP contribution in [0.5, 0.6) is 0 Å². The predicted molar refractivity (Wildman–Crippen MR) is 107 cm³/mol. The summed E-state index contributed by atoms with van der Waals surface area (Å²) in [6.07, 6.45) is 0. The third kappa shape index (κ3) is 4.37. The third-order valence-corrected chi connectivity index (χ3v) is 5.64. The van der Waals surface area contributed by atoms with Gasteiger partial charge >= 0.3 is 0 Å². The summed E-state index contributed by atoms with van der Waals surface area (Å²) >= 11 is 6.30. The second-order valence-electron chi connectivity index (χ2n) is 6.96. The first-order valence-electron chi connectivity index (χ1n) is 9.20. The van der Waals surface area contributed by atoms with E-state index in [1.165, 1.54) is 10.5 Å². The Kier molecular flexibility index (Phi) is 6.17. The largest absolute Gasteiger partial charge is 0.359 e. The van der Waals surface area contributed by atoms with Gasteiger partial charge < -0.3 is 14.7 Å². The average molecular weight is 373 g/mol. The molecule has 3 rings (SSSR count). The zero-order valence-electron chi connectivity index (χ0n) is 15.5. The molecular weight excluding hydrogens is 346 g/mol. The summed E-state index contributed by atoms with van der Waals surface area (Å²) in [5.41, 5.74) is 2.26. The maximum atomic E-state index is 12.7. The molecule has 1 aliphatic rings. The van der Waals surface area contributed by atoms with E-state index in [9.17, 15) is 4.79 Å². The number of anilines is 1. The van der Waals surface area contributed by atoms with Gasteiger partial charge in [-0.15, -0.1) is 0 Å². The van der Waals surface area contributed by atoms with E-state index in [4.69, 9.17) is 11.6 Å². The number of para-hydroxylation sites is 1. The number of piperazine rings is 1. The zero-order valence-corrected chi connectivity index (χ0v) is 16.2. The topological polar surface area (TPSA) is 28.0 Å². The highest BCUT2D eigenvalue weighted by Crippen LogP contribution is 2.24. The van der Waals surface area contributed by atoms with E-state index in [1.807, 2.05) is 48.3 Å². The van der Waals surface area contributed by atoms with Crippen LogP contribution in [0.2, 0.25) is 5.02 Å². The lowest BCUT2D eigenvalue weighted by molar-refractivity contribution is -0.892. The van der Waals surface area contributed by atoms with Crippen molar-refractivity contribution in [2.24, 2.45) is 0 Å². The van der Waals surface area contributed by atoms with Gasteiger partial charge in [-0.1, -0.05) is 54.1 Å². The fourth-order valence-corrected chi connectivity index (χ4v) is 3.71. The summed E-state index contributed by atoms with van der Waals surface area (Å²) in [4.78, 5) is 18.2. The van der Waals surface area contributed by atoms with Gasteiger partial charge in [0.05, 0.1) is 42.9 Å². The highest BCUT2D eigenvalue weighted by Gasteiger charge is 2.26. The maximum absolute atomic E-state index is 12.7. The molecule has 1 heterocycles. The van der Waals surface area contributed by atoms with Crippen LogP contribution in [0.15, 0.2) is 54.6 Å². The Morgan fingerprint density at radius 1 is 1.12 bits per heavy atom. The summed E-state index contributed by atoms with van der Waals surface area (Å²) in [7, 11) is 1.90. The van der Waals surface area contributed by atoms with E-state index >= 15 is 0 Å². The molecule has 138 valence electrons. The van der Waals surface area contributed by atoms with Gasteiger partial charge in [0.2, 0.25) is 0 Å². The van der Waals surface area contributed by atoms with E-state index in [0.29, 0.717) is 6.54 Å². The van der Waals surface area contributed by atoms with Crippen molar-refractivity contribution in [3.05, 3.63) is 65.2 Å². The number of carbonyl (C=O) groups is 1. The Bertz CT molecular complexity index is 729. The van der Waals surface area contributed by atoms with Crippen LogP contribution in [0, 0.1) is 0 Å². The van der Waals surface area contributed by atoms with Crippen LogP contribution in [0.25, 0.3) is 0 Å². The van der Waals surface area contributed by atoms with Gasteiger partial charge in [-0.25, -0.2) is 0 Å². The first kappa shape index (κ1) is 18.7. The van der Waals surface area contributed by atoms with E-state index in [-0.39, 0.29) is 11.9 Å². The number of hydrogen-bond acceptors (Lipinski definition) is 2. The van der Waals surface area contributed by atoms with Crippen LogP contribution in [0.4, 0.5) is 5.69 Å². The Morgan fingerprint density at radius 2 is 1.73 bits per heavy atom.